The fourth-order valence-electron chi connectivity index (χ4n) is 3.20. The maximum absolute atomic E-state index is 12.6. The highest BCUT2D eigenvalue weighted by Gasteiger charge is 2.35. The van der Waals surface area contributed by atoms with E-state index in [4.69, 9.17) is 0 Å². The van der Waals surface area contributed by atoms with E-state index in [0.717, 1.165) is 32.1 Å². The van der Waals surface area contributed by atoms with Crippen molar-refractivity contribution in [2.45, 2.75) is 51.1 Å². The molecule has 124 valence electrons. The first-order valence-electron chi connectivity index (χ1n) is 8.09. The van der Waals surface area contributed by atoms with Crippen molar-refractivity contribution in [2.24, 2.45) is 5.92 Å². The second-order valence-electron chi connectivity index (χ2n) is 6.15. The lowest BCUT2D eigenvalue weighted by Gasteiger charge is -2.30. The van der Waals surface area contributed by atoms with E-state index >= 15 is 0 Å². The maximum atomic E-state index is 12.6. The Morgan fingerprint density at radius 2 is 1.70 bits per heavy atom. The molecule has 5 nitrogen and oxygen atoms in total. The summed E-state index contributed by atoms with van der Waals surface area (Å²) in [6.07, 6.45) is 4.73. The van der Waals surface area contributed by atoms with Crippen LogP contribution in [0, 0.1) is 5.92 Å². The van der Waals surface area contributed by atoms with Gasteiger partial charge in [0.25, 0.3) is 0 Å². The summed E-state index contributed by atoms with van der Waals surface area (Å²) in [6.45, 7) is 1.32. The lowest BCUT2D eigenvalue weighted by atomic mass is 9.83. The number of nitrogens with one attached hydrogen (secondary N) is 1. The summed E-state index contributed by atoms with van der Waals surface area (Å²) in [5.74, 6) is -1.77. The average Bonchev–Trinajstić information content (AvgIpc) is 2.56. The molecule has 0 aromatic heterocycles. The maximum Gasteiger partial charge on any atom is 0.321 e. The van der Waals surface area contributed by atoms with Gasteiger partial charge < -0.3 is 5.11 Å². The largest absolute Gasteiger partial charge is 0.480 e. The van der Waals surface area contributed by atoms with Gasteiger partial charge in [0, 0.05) is 5.56 Å². The minimum atomic E-state index is -1.11. The van der Waals surface area contributed by atoms with Gasteiger partial charge in [0.1, 0.15) is 12.1 Å². The van der Waals surface area contributed by atoms with E-state index in [-0.39, 0.29) is 17.5 Å². The van der Waals surface area contributed by atoms with Gasteiger partial charge in [-0.1, -0.05) is 49.6 Å². The Morgan fingerprint density at radius 3 is 2.22 bits per heavy atom. The number of carboxylic acids is 1. The van der Waals surface area contributed by atoms with Crippen LogP contribution in [0.15, 0.2) is 30.3 Å². The molecule has 2 atom stereocenters. The molecule has 1 aromatic rings. The Balaban J connectivity index is 2.17. The number of Topliss-reactive ketones (excluding diaryl/α,β-unsaturated/α-hetero) is 2. The van der Waals surface area contributed by atoms with Gasteiger partial charge in [0.05, 0.1) is 0 Å². The normalized spacial score (nSPS) is 18.1. The van der Waals surface area contributed by atoms with Crippen molar-refractivity contribution in [3.05, 3.63) is 35.9 Å². The van der Waals surface area contributed by atoms with Crippen LogP contribution in [0.25, 0.3) is 0 Å². The van der Waals surface area contributed by atoms with Gasteiger partial charge in [0.2, 0.25) is 0 Å². The minimum Gasteiger partial charge on any atom is -0.480 e. The molecule has 23 heavy (non-hydrogen) atoms. The van der Waals surface area contributed by atoms with Gasteiger partial charge in [-0.2, -0.15) is 0 Å². The predicted octanol–water partition coefficient (Wildman–Crippen LogP) is 2.45. The topological polar surface area (TPSA) is 83.5 Å². The molecule has 0 amide bonds. The molecule has 0 radical (unpaired) electrons. The van der Waals surface area contributed by atoms with Crippen molar-refractivity contribution in [2.75, 3.05) is 0 Å². The summed E-state index contributed by atoms with van der Waals surface area (Å²) in [5, 5.41) is 12.3. The van der Waals surface area contributed by atoms with Crippen molar-refractivity contribution in [1.29, 1.82) is 0 Å². The number of carbonyl (C=O) groups is 3. The average molecular weight is 317 g/mol. The van der Waals surface area contributed by atoms with Gasteiger partial charge in [-0.15, -0.1) is 0 Å². The molecule has 1 saturated carbocycles. The molecule has 1 fully saturated rings. The summed E-state index contributed by atoms with van der Waals surface area (Å²) < 4.78 is 0. The molecule has 5 heteroatoms. The van der Waals surface area contributed by atoms with Crippen LogP contribution >= 0.6 is 0 Å². The highest BCUT2D eigenvalue weighted by molar-refractivity contribution is 6.13. The van der Waals surface area contributed by atoms with E-state index in [1.165, 1.54) is 6.92 Å². The number of aliphatic carboxylic acids is 1. The number of ketones is 2. The van der Waals surface area contributed by atoms with Gasteiger partial charge in [-0.25, -0.2) is 0 Å². The summed E-state index contributed by atoms with van der Waals surface area (Å²) >= 11 is 0. The zero-order valence-corrected chi connectivity index (χ0v) is 13.3. The zero-order chi connectivity index (χ0) is 16.8. The van der Waals surface area contributed by atoms with Crippen LogP contribution < -0.4 is 5.32 Å². The highest BCUT2D eigenvalue weighted by atomic mass is 16.4. The van der Waals surface area contributed by atoms with Crippen molar-refractivity contribution in [3.63, 3.8) is 0 Å². The summed E-state index contributed by atoms with van der Waals surface area (Å²) in [5.41, 5.74) is 0.410. The van der Waals surface area contributed by atoms with E-state index < -0.39 is 18.1 Å². The molecule has 0 heterocycles. The molecule has 2 N–H and O–H groups in total. The summed E-state index contributed by atoms with van der Waals surface area (Å²) in [6, 6.07) is 6.53. The molecule has 0 spiro atoms. The lowest BCUT2D eigenvalue weighted by Crippen LogP contribution is -2.53. The molecular weight excluding hydrogens is 294 g/mol. The van der Waals surface area contributed by atoms with Crippen molar-refractivity contribution >= 4 is 17.5 Å². The molecule has 1 aliphatic carbocycles. The number of carboxylic acid groups (broad SMARTS) is 1. The van der Waals surface area contributed by atoms with E-state index in [9.17, 15) is 19.5 Å². The molecular formula is C18H23NO4. The summed E-state index contributed by atoms with van der Waals surface area (Å²) in [7, 11) is 0. The molecule has 0 saturated heterocycles. The van der Waals surface area contributed by atoms with Crippen LogP contribution in [0.5, 0.6) is 0 Å². The number of hydrogen-bond acceptors (Lipinski definition) is 4. The summed E-state index contributed by atoms with van der Waals surface area (Å²) in [4.78, 5) is 36.1. The fourth-order valence-corrected chi connectivity index (χ4v) is 3.20. The quantitative estimate of drug-likeness (QED) is 0.596. The van der Waals surface area contributed by atoms with E-state index in [1.807, 2.05) is 0 Å². The number of carbonyl (C=O) groups excluding carboxylic acids is 2. The molecule has 0 aliphatic heterocycles. The van der Waals surface area contributed by atoms with Gasteiger partial charge >= 0.3 is 5.97 Å². The van der Waals surface area contributed by atoms with Crippen LogP contribution in [0.3, 0.4) is 0 Å². The second kappa shape index (κ2) is 8.02. The monoisotopic (exact) mass is 317 g/mol. The number of benzene rings is 1. The third-order valence-electron chi connectivity index (χ3n) is 4.46. The van der Waals surface area contributed by atoms with Crippen LogP contribution in [0.2, 0.25) is 0 Å². The number of rotatable bonds is 7. The first-order chi connectivity index (χ1) is 11.0. The van der Waals surface area contributed by atoms with Crippen LogP contribution in [0.1, 0.15) is 49.4 Å². The number of hydrogen-bond donors (Lipinski definition) is 2. The van der Waals surface area contributed by atoms with Crippen molar-refractivity contribution < 1.29 is 19.5 Å². The predicted molar refractivity (Wildman–Crippen MR) is 86.4 cm³/mol. The Kier molecular flexibility index (Phi) is 6.04. The molecule has 2 unspecified atom stereocenters. The Labute approximate surface area is 136 Å². The van der Waals surface area contributed by atoms with Crippen molar-refractivity contribution in [1.82, 2.24) is 5.32 Å². The Hall–Kier alpha value is -2.01. The minimum absolute atomic E-state index is 0.0355. The third kappa shape index (κ3) is 4.48. The first-order valence-corrected chi connectivity index (χ1v) is 8.09. The molecule has 0 bridgehead atoms. The second-order valence-corrected chi connectivity index (χ2v) is 6.15. The molecule has 1 aromatic carbocycles. The first kappa shape index (κ1) is 17.3. The zero-order valence-electron chi connectivity index (χ0n) is 13.3. The fraction of sp³-hybridized carbons (Fsp3) is 0.500. The standard InChI is InChI=1S/C18H23NO4/c1-12(20)15(17(21)14-10-6-3-7-11-14)19-16(18(22)23)13-8-4-2-5-9-13/h3,6-7,10-11,13,15-16,19H,2,4-5,8-9H2,1H3,(H,22,23). The van der Waals surface area contributed by atoms with E-state index in [0.29, 0.717) is 5.56 Å². The lowest BCUT2D eigenvalue weighted by molar-refractivity contribution is -0.141. The van der Waals surface area contributed by atoms with E-state index in [2.05, 4.69) is 5.32 Å². The van der Waals surface area contributed by atoms with Gasteiger partial charge in [-0.05, 0) is 25.7 Å². The highest BCUT2D eigenvalue weighted by Crippen LogP contribution is 2.27. The van der Waals surface area contributed by atoms with Gasteiger partial charge in [0.15, 0.2) is 11.6 Å². The Morgan fingerprint density at radius 1 is 1.09 bits per heavy atom. The van der Waals surface area contributed by atoms with Gasteiger partial charge in [-0.3, -0.25) is 19.7 Å². The molecule has 2 rings (SSSR count). The van der Waals surface area contributed by atoms with Crippen LogP contribution in [-0.2, 0) is 9.59 Å². The van der Waals surface area contributed by atoms with Crippen LogP contribution in [-0.4, -0.2) is 34.7 Å². The molecule has 1 aliphatic rings. The van der Waals surface area contributed by atoms with Crippen molar-refractivity contribution in [3.8, 4) is 0 Å². The Bertz CT molecular complexity index is 564. The van der Waals surface area contributed by atoms with E-state index in [1.54, 1.807) is 30.3 Å². The smallest absolute Gasteiger partial charge is 0.321 e. The third-order valence-corrected chi connectivity index (χ3v) is 4.46. The van der Waals surface area contributed by atoms with Crippen LogP contribution in [0.4, 0.5) is 0 Å². The SMILES string of the molecule is CC(=O)C(NC(C(=O)O)C1CCCCC1)C(=O)c1ccccc1.